The van der Waals surface area contributed by atoms with Crippen molar-refractivity contribution < 1.29 is 34.7 Å². The van der Waals surface area contributed by atoms with Crippen molar-refractivity contribution in [3.8, 4) is 5.75 Å². The summed E-state index contributed by atoms with van der Waals surface area (Å²) in [4.78, 5) is 3.21. The average molecular weight is 418 g/mol. The predicted molar refractivity (Wildman–Crippen MR) is 87.6 cm³/mol. The van der Waals surface area contributed by atoms with Gasteiger partial charge in [0, 0.05) is 6.54 Å². The zero-order valence-corrected chi connectivity index (χ0v) is 16.1. The number of nitrogens with one attached hydrogen (secondary N) is 2. The largest absolute Gasteiger partial charge is 1.00 e. The summed E-state index contributed by atoms with van der Waals surface area (Å²) in [5.74, 6) is 0.696. The number of imidazole rings is 1. The summed E-state index contributed by atoms with van der Waals surface area (Å²) < 4.78 is 34.5. The van der Waals surface area contributed by atoms with Crippen molar-refractivity contribution >= 4 is 10.0 Å². The highest BCUT2D eigenvalue weighted by molar-refractivity contribution is 7.89. The number of nitrogens with zero attached hydrogens (tertiary/aromatic N) is 1. The standard InChI is InChI=1S/C16H23N3O3S.BrH/c1-2-3-13-22-15-5-7-16(8-6-15)23(20,21)18-9-4-11-19-12-10-17-14-19;/h5-8,10,12,14,18H,2-4,9,11,13H2,1H3;1H. The van der Waals surface area contributed by atoms with Crippen molar-refractivity contribution in [2.24, 2.45) is 0 Å². The number of benzene rings is 1. The molecule has 2 N–H and O–H groups in total. The van der Waals surface area contributed by atoms with E-state index in [0.717, 1.165) is 25.8 Å². The summed E-state index contributed by atoms with van der Waals surface area (Å²) in [5, 5.41) is 0. The smallest absolute Gasteiger partial charge is 0.241 e. The fourth-order valence-electron chi connectivity index (χ4n) is 2.06. The van der Waals surface area contributed by atoms with Gasteiger partial charge in [-0.3, -0.25) is 4.98 Å². The van der Waals surface area contributed by atoms with E-state index >= 15 is 0 Å². The van der Waals surface area contributed by atoms with E-state index in [0.29, 0.717) is 18.9 Å². The third kappa shape index (κ3) is 6.62. The van der Waals surface area contributed by atoms with E-state index in [4.69, 9.17) is 4.74 Å². The third-order valence-electron chi connectivity index (χ3n) is 3.39. The number of hydrogen-bond acceptors (Lipinski definition) is 3. The first-order valence-electron chi connectivity index (χ1n) is 7.86. The van der Waals surface area contributed by atoms with Crippen LogP contribution in [0.15, 0.2) is 47.9 Å². The molecule has 0 saturated carbocycles. The molecule has 0 unspecified atom stereocenters. The molecule has 1 aromatic heterocycles. The topological polar surface area (TPSA) is 75.1 Å². The van der Waals surface area contributed by atoms with Crippen LogP contribution < -0.4 is 31.0 Å². The maximum absolute atomic E-state index is 12.2. The normalized spacial score (nSPS) is 11.0. The van der Waals surface area contributed by atoms with E-state index in [9.17, 15) is 8.42 Å². The summed E-state index contributed by atoms with van der Waals surface area (Å²) in [6, 6.07) is 6.54. The van der Waals surface area contributed by atoms with Gasteiger partial charge in [-0.25, -0.2) is 17.7 Å². The molecule has 8 heteroatoms. The van der Waals surface area contributed by atoms with E-state index in [2.05, 4.69) is 16.6 Å². The van der Waals surface area contributed by atoms with Crippen molar-refractivity contribution in [1.82, 2.24) is 9.71 Å². The Balaban J connectivity index is 0.00000288. The molecule has 0 aliphatic heterocycles. The minimum atomic E-state index is -3.47. The van der Waals surface area contributed by atoms with Crippen LogP contribution >= 0.6 is 0 Å². The average Bonchev–Trinajstić information content (AvgIpc) is 3.06. The molecule has 0 aliphatic rings. The molecular weight excluding hydrogens is 394 g/mol. The van der Waals surface area contributed by atoms with Crippen LogP contribution in [0.3, 0.4) is 0 Å². The first-order chi connectivity index (χ1) is 11.1. The number of rotatable bonds is 10. The van der Waals surface area contributed by atoms with Crippen LogP contribution in [0.1, 0.15) is 26.2 Å². The molecule has 0 amide bonds. The number of aromatic nitrogens is 2. The lowest BCUT2D eigenvalue weighted by Crippen LogP contribution is -3.00. The van der Waals surface area contributed by atoms with E-state index < -0.39 is 10.0 Å². The van der Waals surface area contributed by atoms with Crippen molar-refractivity contribution in [3.05, 3.63) is 43.0 Å². The van der Waals surface area contributed by atoms with Crippen LogP contribution in [-0.2, 0) is 16.6 Å². The molecule has 6 nitrogen and oxygen atoms in total. The zero-order valence-electron chi connectivity index (χ0n) is 13.7. The molecule has 0 bridgehead atoms. The lowest BCUT2D eigenvalue weighted by molar-refractivity contribution is -0.695. The molecule has 24 heavy (non-hydrogen) atoms. The van der Waals surface area contributed by atoms with Crippen LogP contribution in [-0.4, -0.2) is 26.6 Å². The van der Waals surface area contributed by atoms with E-state index in [1.807, 2.05) is 23.3 Å². The lowest BCUT2D eigenvalue weighted by Gasteiger charge is -2.08. The molecule has 1 aromatic carbocycles. The summed E-state index contributed by atoms with van der Waals surface area (Å²) in [6.07, 6.45) is 8.35. The van der Waals surface area contributed by atoms with Gasteiger partial charge < -0.3 is 21.7 Å². The van der Waals surface area contributed by atoms with Crippen LogP contribution in [0.25, 0.3) is 0 Å². The fourth-order valence-corrected chi connectivity index (χ4v) is 3.13. The maximum atomic E-state index is 12.2. The Kier molecular flexibility index (Phi) is 9.02. The number of aromatic amines is 1. The molecule has 0 fully saturated rings. The molecule has 2 rings (SSSR count). The summed E-state index contributed by atoms with van der Waals surface area (Å²) >= 11 is 0. The zero-order chi connectivity index (χ0) is 16.5. The lowest BCUT2D eigenvalue weighted by atomic mass is 10.3. The van der Waals surface area contributed by atoms with Crippen molar-refractivity contribution in [1.29, 1.82) is 0 Å². The number of halogens is 1. The van der Waals surface area contributed by atoms with E-state index in [1.54, 1.807) is 24.3 Å². The Morgan fingerprint density at radius 3 is 2.58 bits per heavy atom. The Morgan fingerprint density at radius 2 is 1.96 bits per heavy atom. The van der Waals surface area contributed by atoms with Gasteiger partial charge in [0.1, 0.15) is 18.1 Å². The monoisotopic (exact) mass is 417 g/mol. The predicted octanol–water partition coefficient (Wildman–Crippen LogP) is -1.15. The second-order valence-corrected chi connectivity index (χ2v) is 7.04. The number of H-pyrrole nitrogens is 1. The summed E-state index contributed by atoms with van der Waals surface area (Å²) in [6.45, 7) is 3.91. The molecule has 0 radical (unpaired) electrons. The first-order valence-corrected chi connectivity index (χ1v) is 9.34. The minimum absolute atomic E-state index is 0. The third-order valence-corrected chi connectivity index (χ3v) is 4.87. The Hall–Kier alpha value is -1.38. The van der Waals surface area contributed by atoms with Gasteiger partial charge in [-0.15, -0.1) is 0 Å². The van der Waals surface area contributed by atoms with Crippen molar-refractivity contribution in [2.45, 2.75) is 37.6 Å². The maximum Gasteiger partial charge on any atom is 0.241 e. The number of aryl methyl sites for hydroxylation is 1. The molecule has 0 aliphatic carbocycles. The second-order valence-electron chi connectivity index (χ2n) is 5.27. The van der Waals surface area contributed by atoms with Crippen molar-refractivity contribution in [3.63, 3.8) is 0 Å². The molecule has 2 aromatic rings. The highest BCUT2D eigenvalue weighted by Gasteiger charge is 2.13. The quantitative estimate of drug-likeness (QED) is 0.378. The molecule has 0 atom stereocenters. The highest BCUT2D eigenvalue weighted by atomic mass is 79.9. The van der Waals surface area contributed by atoms with Crippen molar-refractivity contribution in [2.75, 3.05) is 13.2 Å². The van der Waals surface area contributed by atoms with Gasteiger partial charge in [-0.2, -0.15) is 0 Å². The van der Waals surface area contributed by atoms with Crippen LogP contribution in [0.2, 0.25) is 0 Å². The first kappa shape index (κ1) is 20.7. The number of hydrogen-bond donors (Lipinski definition) is 2. The summed E-state index contributed by atoms with van der Waals surface area (Å²) in [7, 11) is -3.47. The minimum Gasteiger partial charge on any atom is -1.00 e. The SMILES string of the molecule is CCCCOc1ccc(S(=O)(=O)NCCC[n+]2cc[nH]c2)cc1.[Br-]. The van der Waals surface area contributed by atoms with Gasteiger partial charge in [-0.1, -0.05) is 13.3 Å². The summed E-state index contributed by atoms with van der Waals surface area (Å²) in [5.41, 5.74) is 0. The molecule has 0 spiro atoms. The van der Waals surface area contributed by atoms with Crippen LogP contribution in [0, 0.1) is 0 Å². The van der Waals surface area contributed by atoms with Gasteiger partial charge in [0.05, 0.1) is 18.0 Å². The van der Waals surface area contributed by atoms with Crippen LogP contribution in [0.4, 0.5) is 0 Å². The molecule has 134 valence electrons. The van der Waals surface area contributed by atoms with Gasteiger partial charge in [-0.05, 0) is 37.1 Å². The van der Waals surface area contributed by atoms with E-state index in [1.165, 1.54) is 0 Å². The van der Waals surface area contributed by atoms with E-state index in [-0.39, 0.29) is 21.9 Å². The Morgan fingerprint density at radius 1 is 1.21 bits per heavy atom. The van der Waals surface area contributed by atoms with Gasteiger partial charge in [0.25, 0.3) is 0 Å². The Labute approximate surface area is 154 Å². The highest BCUT2D eigenvalue weighted by Crippen LogP contribution is 2.16. The number of ether oxygens (including phenoxy) is 1. The van der Waals surface area contributed by atoms with Crippen LogP contribution in [0.5, 0.6) is 5.75 Å². The number of unbranched alkanes of at least 4 members (excludes halogenated alkanes) is 1. The van der Waals surface area contributed by atoms with Gasteiger partial charge in [0.2, 0.25) is 16.4 Å². The number of sulfonamides is 1. The van der Waals surface area contributed by atoms with Gasteiger partial charge >= 0.3 is 0 Å². The second kappa shape index (κ2) is 10.5. The molecular formula is C16H24BrN3O3S. The fraction of sp³-hybridized carbons (Fsp3) is 0.438. The molecule has 0 saturated heterocycles. The Bertz CT molecular complexity index is 673. The molecule has 1 heterocycles. The van der Waals surface area contributed by atoms with Gasteiger partial charge in [0.15, 0.2) is 0 Å².